The standard InChI is InChI=1S/C14H18N2S/c1-2-3-4-9-17-14-8-5-11-10-12(15)6-7-13(11)16-14/h5-8,10H,2-4,9,15H2,1H3. The van der Waals surface area contributed by atoms with Crippen molar-refractivity contribution in [3.8, 4) is 0 Å². The van der Waals surface area contributed by atoms with Crippen molar-refractivity contribution in [2.75, 3.05) is 11.5 Å². The van der Waals surface area contributed by atoms with E-state index < -0.39 is 0 Å². The first-order chi connectivity index (χ1) is 8.29. The number of thioether (sulfide) groups is 1. The maximum Gasteiger partial charge on any atom is 0.0967 e. The third-order valence-corrected chi connectivity index (χ3v) is 3.70. The van der Waals surface area contributed by atoms with Gasteiger partial charge in [-0.05, 0) is 36.4 Å². The number of unbranched alkanes of at least 4 members (excludes halogenated alkanes) is 2. The van der Waals surface area contributed by atoms with Crippen LogP contribution >= 0.6 is 11.8 Å². The van der Waals surface area contributed by atoms with Gasteiger partial charge >= 0.3 is 0 Å². The van der Waals surface area contributed by atoms with E-state index in [0.29, 0.717) is 0 Å². The maximum absolute atomic E-state index is 5.74. The minimum absolute atomic E-state index is 0.794. The lowest BCUT2D eigenvalue weighted by atomic mass is 10.2. The van der Waals surface area contributed by atoms with Gasteiger partial charge in [0.15, 0.2) is 0 Å². The second-order valence-electron chi connectivity index (χ2n) is 4.16. The Morgan fingerprint density at radius 2 is 2.06 bits per heavy atom. The molecule has 2 nitrogen and oxygen atoms in total. The molecule has 2 rings (SSSR count). The molecular weight excluding hydrogens is 228 g/mol. The predicted molar refractivity (Wildman–Crippen MR) is 76.4 cm³/mol. The predicted octanol–water partition coefficient (Wildman–Crippen LogP) is 4.10. The first kappa shape index (κ1) is 12.2. The summed E-state index contributed by atoms with van der Waals surface area (Å²) in [5.41, 5.74) is 7.56. The molecular formula is C14H18N2S. The van der Waals surface area contributed by atoms with Crippen LogP contribution in [0.2, 0.25) is 0 Å². The third-order valence-electron chi connectivity index (χ3n) is 2.69. The molecule has 0 aliphatic carbocycles. The van der Waals surface area contributed by atoms with Crippen molar-refractivity contribution >= 4 is 28.4 Å². The Hall–Kier alpha value is -1.22. The fraction of sp³-hybridized carbons (Fsp3) is 0.357. The monoisotopic (exact) mass is 246 g/mol. The lowest BCUT2D eigenvalue weighted by molar-refractivity contribution is 0.778. The Balaban J connectivity index is 2.07. The molecule has 0 amide bonds. The summed E-state index contributed by atoms with van der Waals surface area (Å²) < 4.78 is 0. The van der Waals surface area contributed by atoms with Gasteiger partial charge in [0, 0.05) is 11.1 Å². The Bertz CT molecular complexity index is 497. The number of hydrogen-bond acceptors (Lipinski definition) is 3. The number of benzene rings is 1. The highest BCUT2D eigenvalue weighted by Crippen LogP contribution is 2.22. The van der Waals surface area contributed by atoms with Crippen LogP contribution in [0.1, 0.15) is 26.2 Å². The highest BCUT2D eigenvalue weighted by atomic mass is 32.2. The van der Waals surface area contributed by atoms with Crippen LogP contribution in [0, 0.1) is 0 Å². The lowest BCUT2D eigenvalue weighted by Crippen LogP contribution is -1.88. The molecule has 1 heterocycles. The summed E-state index contributed by atoms with van der Waals surface area (Å²) in [4.78, 5) is 4.62. The van der Waals surface area contributed by atoms with Crippen molar-refractivity contribution in [2.24, 2.45) is 0 Å². The molecule has 0 aliphatic heterocycles. The normalized spacial score (nSPS) is 10.9. The Morgan fingerprint density at radius 3 is 2.88 bits per heavy atom. The number of pyridine rings is 1. The molecule has 0 radical (unpaired) electrons. The van der Waals surface area contributed by atoms with Gasteiger partial charge in [0.05, 0.1) is 10.5 Å². The first-order valence-electron chi connectivity index (χ1n) is 6.08. The minimum Gasteiger partial charge on any atom is -0.399 e. The summed E-state index contributed by atoms with van der Waals surface area (Å²) in [7, 11) is 0. The molecule has 0 unspecified atom stereocenters. The largest absolute Gasteiger partial charge is 0.399 e. The molecule has 0 bridgehead atoms. The summed E-state index contributed by atoms with van der Waals surface area (Å²) in [6, 6.07) is 10.0. The van der Waals surface area contributed by atoms with Gasteiger partial charge in [-0.2, -0.15) is 0 Å². The molecule has 2 N–H and O–H groups in total. The molecule has 0 fully saturated rings. The lowest BCUT2D eigenvalue weighted by Gasteiger charge is -2.03. The van der Waals surface area contributed by atoms with Crippen LogP contribution in [0.3, 0.4) is 0 Å². The van der Waals surface area contributed by atoms with Gasteiger partial charge in [-0.15, -0.1) is 11.8 Å². The summed E-state index contributed by atoms with van der Waals surface area (Å²) in [5, 5.41) is 2.22. The highest BCUT2D eigenvalue weighted by molar-refractivity contribution is 7.99. The fourth-order valence-corrected chi connectivity index (χ4v) is 2.62. The molecule has 90 valence electrons. The van der Waals surface area contributed by atoms with Crippen molar-refractivity contribution in [3.63, 3.8) is 0 Å². The number of aromatic nitrogens is 1. The number of anilines is 1. The van der Waals surface area contributed by atoms with E-state index in [-0.39, 0.29) is 0 Å². The molecule has 3 heteroatoms. The molecule has 1 aromatic carbocycles. The summed E-state index contributed by atoms with van der Waals surface area (Å²) in [6.07, 6.45) is 3.84. The van der Waals surface area contributed by atoms with E-state index in [4.69, 9.17) is 5.73 Å². The van der Waals surface area contributed by atoms with Gasteiger partial charge in [-0.1, -0.05) is 25.8 Å². The van der Waals surface area contributed by atoms with Crippen LogP contribution < -0.4 is 5.73 Å². The molecule has 0 saturated carbocycles. The van der Waals surface area contributed by atoms with Crippen molar-refractivity contribution < 1.29 is 0 Å². The highest BCUT2D eigenvalue weighted by Gasteiger charge is 1.99. The second kappa shape index (κ2) is 5.92. The van der Waals surface area contributed by atoms with E-state index in [1.807, 2.05) is 30.0 Å². The van der Waals surface area contributed by atoms with Crippen molar-refractivity contribution in [3.05, 3.63) is 30.3 Å². The van der Waals surface area contributed by atoms with Crippen LogP contribution in [0.4, 0.5) is 5.69 Å². The Labute approximate surface area is 107 Å². The van der Waals surface area contributed by atoms with E-state index >= 15 is 0 Å². The topological polar surface area (TPSA) is 38.9 Å². The quantitative estimate of drug-likeness (QED) is 0.490. The van der Waals surface area contributed by atoms with E-state index in [1.54, 1.807) is 0 Å². The molecule has 1 aromatic heterocycles. The number of nitrogens with two attached hydrogens (primary N) is 1. The first-order valence-corrected chi connectivity index (χ1v) is 7.07. The zero-order valence-corrected chi connectivity index (χ0v) is 11.0. The number of hydrogen-bond donors (Lipinski definition) is 1. The summed E-state index contributed by atoms with van der Waals surface area (Å²) in [5.74, 6) is 1.15. The zero-order chi connectivity index (χ0) is 12.1. The van der Waals surface area contributed by atoms with Crippen LogP contribution in [-0.4, -0.2) is 10.7 Å². The average molecular weight is 246 g/mol. The van der Waals surface area contributed by atoms with E-state index in [2.05, 4.69) is 24.0 Å². The van der Waals surface area contributed by atoms with Crippen LogP contribution in [0.25, 0.3) is 10.9 Å². The van der Waals surface area contributed by atoms with Gasteiger partial charge in [-0.25, -0.2) is 4.98 Å². The van der Waals surface area contributed by atoms with E-state index in [9.17, 15) is 0 Å². The molecule has 0 saturated heterocycles. The zero-order valence-electron chi connectivity index (χ0n) is 10.1. The average Bonchev–Trinajstić information content (AvgIpc) is 2.35. The summed E-state index contributed by atoms with van der Waals surface area (Å²) in [6.45, 7) is 2.23. The Morgan fingerprint density at radius 1 is 1.18 bits per heavy atom. The van der Waals surface area contributed by atoms with Crippen molar-refractivity contribution in [1.29, 1.82) is 0 Å². The number of rotatable bonds is 5. The summed E-state index contributed by atoms with van der Waals surface area (Å²) >= 11 is 1.84. The van der Waals surface area contributed by atoms with Gasteiger partial charge < -0.3 is 5.73 Å². The van der Waals surface area contributed by atoms with Crippen LogP contribution in [0.15, 0.2) is 35.4 Å². The molecule has 2 aromatic rings. The fourth-order valence-electron chi connectivity index (χ4n) is 1.73. The van der Waals surface area contributed by atoms with Gasteiger partial charge in [0.1, 0.15) is 0 Å². The second-order valence-corrected chi connectivity index (χ2v) is 5.27. The minimum atomic E-state index is 0.794. The third kappa shape index (κ3) is 3.37. The smallest absolute Gasteiger partial charge is 0.0967 e. The number of nitrogen functional groups attached to an aromatic ring is 1. The van der Waals surface area contributed by atoms with E-state index in [0.717, 1.165) is 27.4 Å². The molecule has 0 atom stereocenters. The van der Waals surface area contributed by atoms with Gasteiger partial charge in [0.2, 0.25) is 0 Å². The molecule has 0 spiro atoms. The van der Waals surface area contributed by atoms with Crippen molar-refractivity contribution in [2.45, 2.75) is 31.2 Å². The molecule has 0 aliphatic rings. The Kier molecular flexibility index (Phi) is 4.26. The van der Waals surface area contributed by atoms with Crippen molar-refractivity contribution in [1.82, 2.24) is 4.98 Å². The SMILES string of the molecule is CCCCCSc1ccc2cc(N)ccc2n1. The van der Waals surface area contributed by atoms with Gasteiger partial charge in [0.25, 0.3) is 0 Å². The van der Waals surface area contributed by atoms with E-state index in [1.165, 1.54) is 19.3 Å². The van der Waals surface area contributed by atoms with Crippen LogP contribution in [-0.2, 0) is 0 Å². The number of fused-ring (bicyclic) bond motifs is 1. The molecule has 17 heavy (non-hydrogen) atoms. The maximum atomic E-state index is 5.74. The number of nitrogens with zero attached hydrogens (tertiary/aromatic N) is 1. The van der Waals surface area contributed by atoms with Gasteiger partial charge in [-0.3, -0.25) is 0 Å². The van der Waals surface area contributed by atoms with Crippen LogP contribution in [0.5, 0.6) is 0 Å².